The highest BCUT2D eigenvalue weighted by Gasteiger charge is 2.38. The molecule has 1 aliphatic carbocycles. The highest BCUT2D eigenvalue weighted by molar-refractivity contribution is 6.30. The molecule has 244 valence electrons. The van der Waals surface area contributed by atoms with Gasteiger partial charge >= 0.3 is 12.3 Å². The van der Waals surface area contributed by atoms with Crippen molar-refractivity contribution in [1.82, 2.24) is 9.80 Å². The Hall–Kier alpha value is -2.40. The van der Waals surface area contributed by atoms with E-state index in [9.17, 15) is 23.1 Å². The molecule has 1 saturated heterocycles. The maximum atomic E-state index is 15.1. The van der Waals surface area contributed by atoms with Gasteiger partial charge < -0.3 is 14.7 Å². The summed E-state index contributed by atoms with van der Waals surface area (Å²) in [5, 5.41) is 10.9. The summed E-state index contributed by atoms with van der Waals surface area (Å²) in [6.07, 6.45) is 0.393. The van der Waals surface area contributed by atoms with Crippen LogP contribution in [0.25, 0.3) is 0 Å². The number of aliphatic carboxylic acids is 1. The van der Waals surface area contributed by atoms with E-state index in [0.29, 0.717) is 53.3 Å². The molecule has 6 nitrogen and oxygen atoms in total. The van der Waals surface area contributed by atoms with Crippen molar-refractivity contribution in [3.8, 4) is 5.75 Å². The molecular weight excluding hydrogens is 600 g/mol. The van der Waals surface area contributed by atoms with E-state index in [1.807, 2.05) is 0 Å². The van der Waals surface area contributed by atoms with Gasteiger partial charge in [-0.25, -0.2) is 4.39 Å². The molecule has 4 rings (SSSR count). The molecule has 2 fully saturated rings. The van der Waals surface area contributed by atoms with Gasteiger partial charge in [-0.1, -0.05) is 30.2 Å². The fourth-order valence-electron chi connectivity index (χ4n) is 6.92. The molecule has 44 heavy (non-hydrogen) atoms. The van der Waals surface area contributed by atoms with E-state index in [1.54, 1.807) is 36.2 Å². The second kappa shape index (κ2) is 15.7. The number of rotatable bonds is 13. The number of nitrogens with zero attached hydrogens (tertiary/aromatic N) is 2. The Morgan fingerprint density at radius 1 is 1.07 bits per heavy atom. The largest absolute Gasteiger partial charge is 0.522 e. The average Bonchev–Trinajstić information content (AvgIpc) is 2.98. The monoisotopic (exact) mass is 642 g/mol. The molecule has 2 aromatic carbocycles. The average molecular weight is 643 g/mol. The fourth-order valence-corrected chi connectivity index (χ4v) is 7.10. The van der Waals surface area contributed by atoms with Gasteiger partial charge in [-0.3, -0.25) is 14.4 Å². The third kappa shape index (κ3) is 9.31. The zero-order valence-corrected chi connectivity index (χ0v) is 26.2. The number of carboxylic acids is 1. The zero-order chi connectivity index (χ0) is 31.9. The topological polar surface area (TPSA) is 62.2 Å². The van der Waals surface area contributed by atoms with Gasteiger partial charge in [0, 0.05) is 10.6 Å². The SMILES string of the molecule is COc1cccc(C(C(=O)O)N(C)CC[C@H](CCN2CCCCC2)c2cc(Cl)ccc2F)c1C1CCC(OC(F)(F)F)CC1. The fraction of sp³-hybridized carbons (Fsp3) is 0.606. The minimum absolute atomic E-state index is 0.166. The van der Waals surface area contributed by atoms with E-state index in [2.05, 4.69) is 9.64 Å². The summed E-state index contributed by atoms with van der Waals surface area (Å²) in [4.78, 5) is 17.0. The summed E-state index contributed by atoms with van der Waals surface area (Å²) in [5.74, 6) is -1.20. The number of hydrogen-bond acceptors (Lipinski definition) is 5. The molecule has 0 spiro atoms. The smallest absolute Gasteiger partial charge is 0.496 e. The molecule has 1 unspecified atom stereocenters. The zero-order valence-electron chi connectivity index (χ0n) is 25.4. The quantitative estimate of drug-likeness (QED) is 0.223. The minimum Gasteiger partial charge on any atom is -0.496 e. The van der Waals surface area contributed by atoms with Gasteiger partial charge in [-0.15, -0.1) is 13.2 Å². The third-order valence-electron chi connectivity index (χ3n) is 9.14. The van der Waals surface area contributed by atoms with Gasteiger partial charge in [-0.2, -0.15) is 0 Å². The number of benzene rings is 2. The molecule has 0 amide bonds. The summed E-state index contributed by atoms with van der Waals surface area (Å²) in [7, 11) is 3.25. The van der Waals surface area contributed by atoms with Crippen LogP contribution < -0.4 is 4.74 Å². The molecule has 2 atom stereocenters. The first-order valence-electron chi connectivity index (χ1n) is 15.5. The molecule has 1 aliphatic heterocycles. The summed E-state index contributed by atoms with van der Waals surface area (Å²) < 4.78 is 63.4. The maximum absolute atomic E-state index is 15.1. The van der Waals surface area contributed by atoms with Crippen LogP contribution in [-0.4, -0.2) is 73.7 Å². The van der Waals surface area contributed by atoms with E-state index in [4.69, 9.17) is 16.3 Å². The second-order valence-electron chi connectivity index (χ2n) is 12.1. The lowest BCUT2D eigenvalue weighted by atomic mass is 9.79. The van der Waals surface area contributed by atoms with Crippen molar-refractivity contribution in [3.05, 3.63) is 63.9 Å². The van der Waals surface area contributed by atoms with Crippen molar-refractivity contribution in [1.29, 1.82) is 0 Å². The Morgan fingerprint density at radius 2 is 1.77 bits per heavy atom. The van der Waals surface area contributed by atoms with Crippen LogP contribution in [-0.2, 0) is 9.53 Å². The number of likely N-dealkylation sites (tertiary alicyclic amines) is 1. The first-order valence-corrected chi connectivity index (χ1v) is 15.9. The summed E-state index contributed by atoms with van der Waals surface area (Å²) >= 11 is 6.26. The van der Waals surface area contributed by atoms with Crippen LogP contribution >= 0.6 is 11.6 Å². The molecular formula is C33H43ClF4N2O4. The molecule has 0 bridgehead atoms. The lowest BCUT2D eigenvalue weighted by Crippen LogP contribution is -2.35. The highest BCUT2D eigenvalue weighted by Crippen LogP contribution is 2.44. The van der Waals surface area contributed by atoms with Crippen LogP contribution in [0.15, 0.2) is 36.4 Å². The Balaban J connectivity index is 1.54. The van der Waals surface area contributed by atoms with Gasteiger partial charge in [0.1, 0.15) is 17.6 Å². The number of methoxy groups -OCH3 is 1. The van der Waals surface area contributed by atoms with Gasteiger partial charge in [0.05, 0.1) is 13.2 Å². The first kappa shape index (κ1) is 34.5. The van der Waals surface area contributed by atoms with Crippen molar-refractivity contribution in [2.24, 2.45) is 0 Å². The van der Waals surface area contributed by atoms with Crippen molar-refractivity contribution < 1.29 is 36.9 Å². The number of carbonyl (C=O) groups is 1. The number of alkyl halides is 3. The number of likely N-dealkylation sites (N-methyl/N-ethyl adjacent to an activating group) is 1. The molecule has 0 aromatic heterocycles. The molecule has 1 heterocycles. The number of carboxylic acid groups (broad SMARTS) is 1. The van der Waals surface area contributed by atoms with E-state index in [0.717, 1.165) is 38.9 Å². The van der Waals surface area contributed by atoms with Crippen molar-refractivity contribution in [2.75, 3.05) is 40.3 Å². The number of hydrogen-bond donors (Lipinski definition) is 1. The Labute approximate surface area is 262 Å². The number of piperidine rings is 1. The van der Waals surface area contributed by atoms with Crippen molar-refractivity contribution >= 4 is 17.6 Å². The number of ether oxygens (including phenoxy) is 2. The summed E-state index contributed by atoms with van der Waals surface area (Å²) in [6.45, 7) is 3.24. The van der Waals surface area contributed by atoms with Gasteiger partial charge in [0.2, 0.25) is 0 Å². The number of halogens is 5. The van der Waals surface area contributed by atoms with E-state index in [1.165, 1.54) is 25.7 Å². The molecule has 2 aliphatic rings. The van der Waals surface area contributed by atoms with E-state index in [-0.39, 0.29) is 30.5 Å². The predicted octanol–water partition coefficient (Wildman–Crippen LogP) is 8.16. The van der Waals surface area contributed by atoms with E-state index >= 15 is 4.39 Å². The van der Waals surface area contributed by atoms with Crippen molar-refractivity contribution in [2.45, 2.75) is 88.1 Å². The van der Waals surface area contributed by atoms with E-state index < -0.39 is 24.5 Å². The molecule has 1 saturated carbocycles. The lowest BCUT2D eigenvalue weighted by Gasteiger charge is -2.34. The van der Waals surface area contributed by atoms with Crippen LogP contribution in [0.5, 0.6) is 5.75 Å². The summed E-state index contributed by atoms with van der Waals surface area (Å²) in [6, 6.07) is 8.81. The second-order valence-corrected chi connectivity index (χ2v) is 12.5. The molecule has 2 aromatic rings. The maximum Gasteiger partial charge on any atom is 0.522 e. The highest BCUT2D eigenvalue weighted by atomic mass is 35.5. The van der Waals surface area contributed by atoms with Gasteiger partial charge in [-0.05, 0) is 132 Å². The van der Waals surface area contributed by atoms with Crippen LogP contribution in [0.1, 0.15) is 92.4 Å². The molecule has 0 radical (unpaired) electrons. The standard InChI is InChI=1S/C33H43ClF4N2O4/c1-39(19-15-22(16-20-40-17-4-3-5-18-40)27-21-24(34)11-14-28(27)35)31(32(41)42)26-7-6-8-29(43-2)30(26)23-9-12-25(13-10-23)44-33(36,37)38/h6-8,11,14,21-23,25,31H,3-5,9-10,12-13,15-20H2,1-2H3,(H,41,42)/t22-,23?,25?,31?/m1/s1. The van der Waals surface area contributed by atoms with Crippen LogP contribution in [0, 0.1) is 5.82 Å². The normalized spacial score (nSPS) is 21.3. The first-order chi connectivity index (χ1) is 21.0. The minimum atomic E-state index is -4.69. The van der Waals surface area contributed by atoms with Crippen molar-refractivity contribution in [3.63, 3.8) is 0 Å². The van der Waals surface area contributed by atoms with Crippen LogP contribution in [0.2, 0.25) is 5.02 Å². The Kier molecular flexibility index (Phi) is 12.3. The molecule has 11 heteroatoms. The Morgan fingerprint density at radius 3 is 2.41 bits per heavy atom. The third-order valence-corrected chi connectivity index (χ3v) is 9.38. The van der Waals surface area contributed by atoms with Crippen LogP contribution in [0.4, 0.5) is 17.6 Å². The Bertz CT molecular complexity index is 1230. The van der Waals surface area contributed by atoms with Gasteiger partial charge in [0.25, 0.3) is 0 Å². The lowest BCUT2D eigenvalue weighted by molar-refractivity contribution is -0.345. The predicted molar refractivity (Wildman–Crippen MR) is 162 cm³/mol. The molecule has 1 N–H and O–H groups in total. The summed E-state index contributed by atoms with van der Waals surface area (Å²) in [5.41, 5.74) is 1.80. The van der Waals surface area contributed by atoms with Crippen LogP contribution in [0.3, 0.4) is 0 Å². The van der Waals surface area contributed by atoms with Gasteiger partial charge in [0.15, 0.2) is 0 Å².